The Balaban J connectivity index is 1.92. The number of benzene rings is 1. The van der Waals surface area contributed by atoms with E-state index >= 15 is 0 Å². The van der Waals surface area contributed by atoms with Gasteiger partial charge in [0.2, 0.25) is 15.9 Å². The van der Waals surface area contributed by atoms with Gasteiger partial charge >= 0.3 is 0 Å². The van der Waals surface area contributed by atoms with Crippen molar-refractivity contribution in [3.05, 3.63) is 29.8 Å². The number of rotatable bonds is 2. The Hall–Kier alpha value is -1.45. The molecule has 0 saturated carbocycles. The number of carbonyl (C=O) groups is 1. The quantitative estimate of drug-likeness (QED) is 0.732. The van der Waals surface area contributed by atoms with Crippen LogP contribution in [0.1, 0.15) is 25.3 Å². The third kappa shape index (κ3) is 3.39. The Labute approximate surface area is 155 Å². The molecule has 2 saturated heterocycles. The molecule has 2 aliphatic rings. The van der Waals surface area contributed by atoms with Crippen molar-refractivity contribution in [1.82, 2.24) is 9.21 Å². The lowest BCUT2D eigenvalue weighted by Gasteiger charge is -2.39. The van der Waals surface area contributed by atoms with E-state index in [1.165, 1.54) is 11.2 Å². The molecule has 1 aromatic rings. The molecule has 0 N–H and O–H groups in total. The zero-order valence-electron chi connectivity index (χ0n) is 15.0. The van der Waals surface area contributed by atoms with Gasteiger partial charge in [-0.25, -0.2) is 16.8 Å². The van der Waals surface area contributed by atoms with Crippen molar-refractivity contribution in [3.63, 3.8) is 0 Å². The van der Waals surface area contributed by atoms with E-state index in [9.17, 15) is 21.6 Å². The predicted molar refractivity (Wildman–Crippen MR) is 97.9 cm³/mol. The minimum atomic E-state index is -3.70. The lowest BCUT2D eigenvalue weighted by atomic mass is 10.1. The van der Waals surface area contributed by atoms with Crippen molar-refractivity contribution in [2.24, 2.45) is 0 Å². The van der Waals surface area contributed by atoms with Crippen molar-refractivity contribution >= 4 is 25.8 Å². The van der Waals surface area contributed by atoms with Crippen LogP contribution in [0.2, 0.25) is 0 Å². The summed E-state index contributed by atoms with van der Waals surface area (Å²) in [5, 5.41) is -0.697. The van der Waals surface area contributed by atoms with E-state index in [0.29, 0.717) is 12.0 Å². The standard InChI is InChI=1S/C17H24N2O5S2/c1-13-5-3-4-6-16(13)26(23,24)18-9-7-15-17(8-10-18)25(21,22)12-11-19(15)14(2)20/h3-6,15,17H,7-12H2,1-2H3/t15-,17+/m0/s1. The first-order valence-electron chi connectivity index (χ1n) is 8.69. The Kier molecular flexibility index (Phi) is 5.15. The second-order valence-electron chi connectivity index (χ2n) is 6.93. The van der Waals surface area contributed by atoms with Gasteiger partial charge in [-0.1, -0.05) is 18.2 Å². The van der Waals surface area contributed by atoms with Crippen molar-refractivity contribution in [2.75, 3.05) is 25.4 Å². The molecule has 1 amide bonds. The van der Waals surface area contributed by atoms with Crippen LogP contribution in [0.15, 0.2) is 29.2 Å². The molecular formula is C17H24N2O5S2. The summed E-state index contributed by atoms with van der Waals surface area (Å²) in [5.41, 5.74) is 0.659. The Morgan fingerprint density at radius 2 is 1.77 bits per heavy atom. The molecule has 0 spiro atoms. The fourth-order valence-corrected chi connectivity index (χ4v) is 7.65. The van der Waals surface area contributed by atoms with Crippen molar-refractivity contribution in [3.8, 4) is 0 Å². The van der Waals surface area contributed by atoms with Gasteiger partial charge in [0.05, 0.1) is 15.9 Å². The summed E-state index contributed by atoms with van der Waals surface area (Å²) in [5.74, 6) is -0.219. The fourth-order valence-electron chi connectivity index (χ4n) is 3.97. The molecular weight excluding hydrogens is 376 g/mol. The molecule has 26 heavy (non-hydrogen) atoms. The number of carbonyl (C=O) groups excluding carboxylic acids is 1. The maximum atomic E-state index is 13.0. The van der Waals surface area contributed by atoms with Crippen LogP contribution in [0, 0.1) is 6.92 Å². The predicted octanol–water partition coefficient (Wildman–Crippen LogP) is 0.794. The monoisotopic (exact) mass is 400 g/mol. The smallest absolute Gasteiger partial charge is 0.243 e. The van der Waals surface area contributed by atoms with E-state index in [-0.39, 0.29) is 42.6 Å². The SMILES string of the molecule is CC(=O)N1CCS(=O)(=O)[C@@H]2CCN(S(=O)(=O)c3ccccc3C)CC[C@@H]21. The first-order valence-corrected chi connectivity index (χ1v) is 11.8. The lowest BCUT2D eigenvalue weighted by Crippen LogP contribution is -2.56. The van der Waals surface area contributed by atoms with Gasteiger partial charge in [-0.3, -0.25) is 4.79 Å². The number of aryl methyl sites for hydroxylation is 1. The number of sulfone groups is 1. The van der Waals surface area contributed by atoms with Crippen LogP contribution in [0.25, 0.3) is 0 Å². The second kappa shape index (κ2) is 6.94. The maximum Gasteiger partial charge on any atom is 0.243 e. The van der Waals surface area contributed by atoms with Gasteiger partial charge in [-0.2, -0.15) is 4.31 Å². The highest BCUT2D eigenvalue weighted by atomic mass is 32.2. The van der Waals surface area contributed by atoms with E-state index in [4.69, 9.17) is 0 Å². The number of hydrogen-bond donors (Lipinski definition) is 0. The van der Waals surface area contributed by atoms with Crippen molar-refractivity contribution in [2.45, 2.75) is 42.9 Å². The zero-order chi connectivity index (χ0) is 19.1. The second-order valence-corrected chi connectivity index (χ2v) is 11.2. The fraction of sp³-hybridized carbons (Fsp3) is 0.588. The summed E-state index contributed by atoms with van der Waals surface area (Å²) in [7, 11) is -7.03. The van der Waals surface area contributed by atoms with E-state index in [1.807, 2.05) is 0 Å². The van der Waals surface area contributed by atoms with E-state index in [1.54, 1.807) is 36.1 Å². The lowest BCUT2D eigenvalue weighted by molar-refractivity contribution is -0.131. The summed E-state index contributed by atoms with van der Waals surface area (Å²) in [6.07, 6.45) is 0.538. The van der Waals surface area contributed by atoms with Gasteiger partial charge in [-0.15, -0.1) is 0 Å². The molecule has 0 bridgehead atoms. The average molecular weight is 401 g/mol. The molecule has 2 atom stereocenters. The summed E-state index contributed by atoms with van der Waals surface area (Å²) < 4.78 is 52.5. The van der Waals surface area contributed by atoms with Crippen LogP contribution in [0.4, 0.5) is 0 Å². The van der Waals surface area contributed by atoms with Gasteiger partial charge in [0.15, 0.2) is 9.84 Å². The third-order valence-electron chi connectivity index (χ3n) is 5.36. The van der Waals surface area contributed by atoms with Gasteiger partial charge in [0.1, 0.15) is 0 Å². The largest absolute Gasteiger partial charge is 0.338 e. The van der Waals surface area contributed by atoms with Crippen LogP contribution in [0.5, 0.6) is 0 Å². The number of nitrogens with zero attached hydrogens (tertiary/aromatic N) is 2. The molecule has 1 aromatic carbocycles. The minimum absolute atomic E-state index is 0.0573. The summed E-state index contributed by atoms with van der Waals surface area (Å²) in [4.78, 5) is 13.8. The molecule has 0 aromatic heterocycles. The van der Waals surface area contributed by atoms with Crippen LogP contribution < -0.4 is 0 Å². The summed E-state index contributed by atoms with van der Waals surface area (Å²) >= 11 is 0. The average Bonchev–Trinajstić information content (AvgIpc) is 2.79. The first-order chi connectivity index (χ1) is 12.1. The summed E-state index contributed by atoms with van der Waals surface area (Å²) in [6.45, 7) is 3.71. The molecule has 2 aliphatic heterocycles. The highest BCUT2D eigenvalue weighted by molar-refractivity contribution is 7.92. The molecule has 144 valence electrons. The normalized spacial score (nSPS) is 26.8. The molecule has 9 heteroatoms. The van der Waals surface area contributed by atoms with Crippen LogP contribution in [-0.4, -0.2) is 68.6 Å². The van der Waals surface area contributed by atoms with E-state index < -0.39 is 31.2 Å². The van der Waals surface area contributed by atoms with Gasteiger partial charge < -0.3 is 4.90 Å². The van der Waals surface area contributed by atoms with Gasteiger partial charge in [0.25, 0.3) is 0 Å². The first kappa shape index (κ1) is 19.3. The Morgan fingerprint density at radius 1 is 1.12 bits per heavy atom. The molecule has 2 fully saturated rings. The molecule has 3 rings (SSSR count). The van der Waals surface area contributed by atoms with Crippen LogP contribution >= 0.6 is 0 Å². The highest BCUT2D eigenvalue weighted by Gasteiger charge is 2.45. The molecule has 0 radical (unpaired) electrons. The number of sulfonamides is 1. The molecule has 7 nitrogen and oxygen atoms in total. The maximum absolute atomic E-state index is 13.0. The molecule has 0 aliphatic carbocycles. The van der Waals surface area contributed by atoms with Crippen LogP contribution in [-0.2, 0) is 24.7 Å². The minimum Gasteiger partial charge on any atom is -0.338 e. The Bertz CT molecular complexity index is 911. The molecule has 2 heterocycles. The molecule has 0 unspecified atom stereocenters. The van der Waals surface area contributed by atoms with E-state index in [0.717, 1.165) is 0 Å². The Morgan fingerprint density at radius 3 is 2.42 bits per heavy atom. The summed E-state index contributed by atoms with van der Waals surface area (Å²) in [6, 6.07) is 6.32. The number of hydrogen-bond acceptors (Lipinski definition) is 5. The van der Waals surface area contributed by atoms with Gasteiger partial charge in [-0.05, 0) is 31.4 Å². The van der Waals surface area contributed by atoms with Gasteiger partial charge in [0, 0.05) is 32.6 Å². The van der Waals surface area contributed by atoms with Crippen LogP contribution in [0.3, 0.4) is 0 Å². The van der Waals surface area contributed by atoms with Crippen molar-refractivity contribution in [1.29, 1.82) is 0 Å². The van der Waals surface area contributed by atoms with Crippen molar-refractivity contribution < 1.29 is 21.6 Å². The number of fused-ring (bicyclic) bond motifs is 1. The third-order valence-corrected chi connectivity index (χ3v) is 9.64. The topological polar surface area (TPSA) is 91.8 Å². The highest BCUT2D eigenvalue weighted by Crippen LogP contribution is 2.30. The number of amides is 1. The van der Waals surface area contributed by atoms with E-state index in [2.05, 4.69) is 0 Å². The zero-order valence-corrected chi connectivity index (χ0v) is 16.6.